The summed E-state index contributed by atoms with van der Waals surface area (Å²) in [6.45, 7) is 0.358. The summed E-state index contributed by atoms with van der Waals surface area (Å²) in [7, 11) is 3.32. The van der Waals surface area contributed by atoms with E-state index < -0.39 is 5.76 Å². The summed E-state index contributed by atoms with van der Waals surface area (Å²) in [5.74, 6) is -0.159. The number of hydrogen-bond donors (Lipinski definition) is 1. The minimum absolute atomic E-state index is 0.0409. The fourth-order valence-corrected chi connectivity index (χ4v) is 2.76. The molecule has 0 saturated carbocycles. The average molecular weight is 397 g/mol. The van der Waals surface area contributed by atoms with Crippen LogP contribution in [0.5, 0.6) is 5.75 Å². The highest BCUT2D eigenvalue weighted by Crippen LogP contribution is 2.16. The van der Waals surface area contributed by atoms with E-state index in [0.717, 1.165) is 5.52 Å². The van der Waals surface area contributed by atoms with Crippen molar-refractivity contribution in [2.75, 3.05) is 26.0 Å². The van der Waals surface area contributed by atoms with Crippen LogP contribution in [0, 0.1) is 0 Å². The maximum absolute atomic E-state index is 12.2. The van der Waals surface area contributed by atoms with Gasteiger partial charge in [-0.05, 0) is 42.8 Å². The van der Waals surface area contributed by atoms with Crippen molar-refractivity contribution in [2.24, 2.45) is 0 Å². The normalized spacial score (nSPS) is 10.7. The number of ether oxygens (including phenoxy) is 1. The van der Waals surface area contributed by atoms with Crippen molar-refractivity contribution in [1.29, 1.82) is 0 Å². The molecule has 1 N–H and O–H groups in total. The molecule has 0 aliphatic heterocycles. The lowest BCUT2D eigenvalue weighted by Gasteiger charge is -2.11. The molecule has 0 fully saturated rings. The first-order chi connectivity index (χ1) is 13.9. The quantitative estimate of drug-likeness (QED) is 0.630. The first kappa shape index (κ1) is 20.2. The molecule has 3 aromatic rings. The van der Waals surface area contributed by atoms with Crippen molar-refractivity contribution in [3.8, 4) is 5.75 Å². The summed E-state index contributed by atoms with van der Waals surface area (Å²) in [4.78, 5) is 37.1. The van der Waals surface area contributed by atoms with Gasteiger partial charge in [0.15, 0.2) is 12.2 Å². The Hall–Kier alpha value is -3.55. The predicted octanol–water partition coefficient (Wildman–Crippen LogP) is 2.48. The van der Waals surface area contributed by atoms with Gasteiger partial charge in [-0.3, -0.25) is 14.2 Å². The minimum Gasteiger partial charge on any atom is -0.484 e. The molecule has 29 heavy (non-hydrogen) atoms. The van der Waals surface area contributed by atoms with Gasteiger partial charge in [0.1, 0.15) is 5.75 Å². The molecule has 8 nitrogen and oxygen atoms in total. The third-order valence-corrected chi connectivity index (χ3v) is 4.36. The number of aryl methyl sites for hydroxylation is 1. The standard InChI is InChI=1S/C21H23N3O5/c1-23(2)20(26)14-28-16-11-9-15(10-12-16)22-19(25)8-5-13-24-17-6-3-4-7-18(17)29-21(24)27/h3-4,6-7,9-12H,5,8,13-14H2,1-2H3,(H,22,25). The van der Waals surface area contributed by atoms with Crippen LogP contribution in [0.2, 0.25) is 0 Å². The van der Waals surface area contributed by atoms with Gasteiger partial charge in [-0.25, -0.2) is 4.79 Å². The second-order valence-electron chi connectivity index (χ2n) is 6.74. The summed E-state index contributed by atoms with van der Waals surface area (Å²) in [5, 5.41) is 2.80. The van der Waals surface area contributed by atoms with Gasteiger partial charge < -0.3 is 19.4 Å². The molecule has 0 unspecified atom stereocenters. The van der Waals surface area contributed by atoms with Crippen LogP contribution in [-0.2, 0) is 16.1 Å². The van der Waals surface area contributed by atoms with Gasteiger partial charge >= 0.3 is 5.76 Å². The van der Waals surface area contributed by atoms with Crippen LogP contribution >= 0.6 is 0 Å². The Morgan fingerprint density at radius 2 is 1.83 bits per heavy atom. The Kier molecular flexibility index (Phi) is 6.33. The monoisotopic (exact) mass is 397 g/mol. The molecular weight excluding hydrogens is 374 g/mol. The number of amides is 2. The Balaban J connectivity index is 1.47. The third kappa shape index (κ3) is 5.25. The number of nitrogens with one attached hydrogen (secondary N) is 1. The average Bonchev–Trinajstić information content (AvgIpc) is 3.02. The van der Waals surface area contributed by atoms with Crippen LogP contribution in [0.15, 0.2) is 57.7 Å². The molecule has 0 aliphatic carbocycles. The van der Waals surface area contributed by atoms with Gasteiger partial charge in [0, 0.05) is 32.7 Å². The number of para-hydroxylation sites is 2. The molecule has 0 spiro atoms. The number of rotatable bonds is 8. The van der Waals surface area contributed by atoms with E-state index in [1.54, 1.807) is 50.5 Å². The fraction of sp³-hybridized carbons (Fsp3) is 0.286. The maximum Gasteiger partial charge on any atom is 0.419 e. The van der Waals surface area contributed by atoms with E-state index in [4.69, 9.17) is 9.15 Å². The van der Waals surface area contributed by atoms with E-state index in [0.29, 0.717) is 30.0 Å². The van der Waals surface area contributed by atoms with Gasteiger partial charge in [-0.1, -0.05) is 12.1 Å². The molecule has 0 radical (unpaired) electrons. The predicted molar refractivity (Wildman–Crippen MR) is 109 cm³/mol. The van der Waals surface area contributed by atoms with Crippen LogP contribution < -0.4 is 15.8 Å². The SMILES string of the molecule is CN(C)C(=O)COc1ccc(NC(=O)CCCn2c(=O)oc3ccccc32)cc1. The van der Waals surface area contributed by atoms with Crippen LogP contribution in [0.25, 0.3) is 11.1 Å². The van der Waals surface area contributed by atoms with E-state index in [1.165, 1.54) is 9.47 Å². The number of carbonyl (C=O) groups excluding carboxylic acids is 2. The molecule has 2 aromatic carbocycles. The van der Waals surface area contributed by atoms with E-state index in [1.807, 2.05) is 12.1 Å². The molecule has 0 atom stereocenters. The number of benzene rings is 2. The van der Waals surface area contributed by atoms with Gasteiger partial charge in [0.05, 0.1) is 5.52 Å². The molecule has 1 heterocycles. The van der Waals surface area contributed by atoms with Crippen molar-refractivity contribution >= 4 is 28.6 Å². The van der Waals surface area contributed by atoms with Crippen LogP contribution in [0.4, 0.5) is 5.69 Å². The van der Waals surface area contributed by atoms with Crippen molar-refractivity contribution in [3.63, 3.8) is 0 Å². The number of carbonyl (C=O) groups is 2. The lowest BCUT2D eigenvalue weighted by molar-refractivity contribution is -0.130. The topological polar surface area (TPSA) is 93.8 Å². The second-order valence-corrected chi connectivity index (χ2v) is 6.74. The highest BCUT2D eigenvalue weighted by atomic mass is 16.5. The van der Waals surface area contributed by atoms with Crippen LogP contribution in [0.3, 0.4) is 0 Å². The van der Waals surface area contributed by atoms with Crippen molar-refractivity contribution in [2.45, 2.75) is 19.4 Å². The van der Waals surface area contributed by atoms with E-state index >= 15 is 0 Å². The summed E-state index contributed by atoms with van der Waals surface area (Å²) >= 11 is 0. The Morgan fingerprint density at radius 1 is 1.10 bits per heavy atom. The maximum atomic E-state index is 12.2. The number of hydrogen-bond acceptors (Lipinski definition) is 5. The Labute approximate surface area is 167 Å². The number of fused-ring (bicyclic) bond motifs is 1. The molecule has 8 heteroatoms. The van der Waals surface area contributed by atoms with Gasteiger partial charge in [0.25, 0.3) is 5.91 Å². The Morgan fingerprint density at radius 3 is 2.55 bits per heavy atom. The lowest BCUT2D eigenvalue weighted by atomic mass is 10.2. The Bertz CT molecular complexity index is 1050. The highest BCUT2D eigenvalue weighted by Gasteiger charge is 2.10. The summed E-state index contributed by atoms with van der Waals surface area (Å²) < 4.78 is 12.1. The number of oxazole rings is 1. The zero-order valence-corrected chi connectivity index (χ0v) is 16.4. The number of anilines is 1. The molecule has 2 amide bonds. The molecule has 0 saturated heterocycles. The van der Waals surface area contributed by atoms with E-state index in [9.17, 15) is 14.4 Å². The lowest BCUT2D eigenvalue weighted by Crippen LogP contribution is -2.27. The van der Waals surface area contributed by atoms with Crippen LogP contribution in [0.1, 0.15) is 12.8 Å². The number of aromatic nitrogens is 1. The molecule has 152 valence electrons. The van der Waals surface area contributed by atoms with Crippen molar-refractivity contribution in [3.05, 3.63) is 59.1 Å². The zero-order valence-electron chi connectivity index (χ0n) is 16.4. The minimum atomic E-state index is -0.421. The summed E-state index contributed by atoms with van der Waals surface area (Å²) in [5.41, 5.74) is 1.89. The fourth-order valence-electron chi connectivity index (χ4n) is 2.76. The molecule has 1 aromatic heterocycles. The van der Waals surface area contributed by atoms with E-state index in [2.05, 4.69) is 5.32 Å². The molecule has 0 bridgehead atoms. The highest BCUT2D eigenvalue weighted by molar-refractivity contribution is 5.90. The first-order valence-corrected chi connectivity index (χ1v) is 9.25. The van der Waals surface area contributed by atoms with Crippen molar-refractivity contribution in [1.82, 2.24) is 9.47 Å². The summed E-state index contributed by atoms with van der Waals surface area (Å²) in [6, 6.07) is 14.0. The zero-order chi connectivity index (χ0) is 20.8. The molecule has 3 rings (SSSR count). The third-order valence-electron chi connectivity index (χ3n) is 4.36. The van der Waals surface area contributed by atoms with E-state index in [-0.39, 0.29) is 24.8 Å². The van der Waals surface area contributed by atoms with Gasteiger partial charge in [-0.15, -0.1) is 0 Å². The molecular formula is C21H23N3O5. The molecule has 0 aliphatic rings. The smallest absolute Gasteiger partial charge is 0.419 e. The number of nitrogens with zero attached hydrogens (tertiary/aromatic N) is 2. The van der Waals surface area contributed by atoms with Gasteiger partial charge in [-0.2, -0.15) is 0 Å². The largest absolute Gasteiger partial charge is 0.484 e. The summed E-state index contributed by atoms with van der Waals surface area (Å²) in [6.07, 6.45) is 0.768. The second kappa shape index (κ2) is 9.09. The number of likely N-dealkylation sites (N-methyl/N-ethyl adjacent to an activating group) is 1. The van der Waals surface area contributed by atoms with Crippen molar-refractivity contribution < 1.29 is 18.7 Å². The van der Waals surface area contributed by atoms with Gasteiger partial charge in [0.2, 0.25) is 5.91 Å². The first-order valence-electron chi connectivity index (χ1n) is 9.25. The van der Waals surface area contributed by atoms with Crippen LogP contribution in [-0.4, -0.2) is 42.0 Å².